The number of aromatic nitrogens is 3. The van der Waals surface area contributed by atoms with Crippen molar-refractivity contribution in [2.75, 3.05) is 23.0 Å². The molecule has 1 fully saturated rings. The molecule has 0 atom stereocenters. The lowest BCUT2D eigenvalue weighted by Crippen LogP contribution is -2.30. The molecule has 0 aliphatic heterocycles. The Labute approximate surface area is 151 Å². The number of thioether (sulfide) groups is 1. The van der Waals surface area contributed by atoms with Gasteiger partial charge in [0.1, 0.15) is 5.69 Å². The smallest absolute Gasteiger partial charge is 0.227 e. The Morgan fingerprint density at radius 2 is 2.33 bits per heavy atom. The van der Waals surface area contributed by atoms with E-state index in [-0.39, 0.29) is 5.91 Å². The minimum atomic E-state index is 0.0911. The zero-order valence-corrected chi connectivity index (χ0v) is 15.3. The number of amides is 1. The summed E-state index contributed by atoms with van der Waals surface area (Å²) in [6.45, 7) is 2.53. The van der Waals surface area contributed by atoms with Crippen LogP contribution >= 0.6 is 23.4 Å². The molecule has 0 saturated heterocycles. The molecular formula is C17H21ClN4OS. The average molecular weight is 365 g/mol. The highest BCUT2D eigenvalue weighted by molar-refractivity contribution is 7.99. The summed E-state index contributed by atoms with van der Waals surface area (Å²) in [5.41, 5.74) is 1.47. The first-order valence-corrected chi connectivity index (χ1v) is 9.76. The number of hydrogen-bond acceptors (Lipinski definition) is 4. The Balaban J connectivity index is 1.65. The van der Waals surface area contributed by atoms with Gasteiger partial charge in [0.25, 0.3) is 0 Å². The Bertz CT molecular complexity index is 687. The highest BCUT2D eigenvalue weighted by Crippen LogP contribution is 2.32. The lowest BCUT2D eigenvalue weighted by atomic mass is 10.3. The molecule has 7 heteroatoms. The number of carbonyl (C=O) groups excluding carboxylic acids is 1. The second kappa shape index (κ2) is 8.03. The fourth-order valence-corrected chi connectivity index (χ4v) is 3.84. The monoisotopic (exact) mass is 364 g/mol. The standard InChI is InChI=1S/C17H21ClN4OS/c1-2-21(16(23)7-9-24-12-13-5-6-13)15-11-22(20-17(15)18)14-4-3-8-19-10-14/h3-4,8,10-11,13H,2,5-7,9,12H2,1H3. The summed E-state index contributed by atoms with van der Waals surface area (Å²) >= 11 is 8.14. The number of halogens is 1. The maximum atomic E-state index is 12.5. The molecule has 0 aromatic carbocycles. The van der Waals surface area contributed by atoms with E-state index in [2.05, 4.69) is 10.1 Å². The molecule has 0 radical (unpaired) electrons. The van der Waals surface area contributed by atoms with E-state index in [4.69, 9.17) is 11.6 Å². The van der Waals surface area contributed by atoms with Gasteiger partial charge < -0.3 is 4.90 Å². The van der Waals surface area contributed by atoms with E-state index in [0.717, 1.165) is 17.4 Å². The highest BCUT2D eigenvalue weighted by atomic mass is 35.5. The van der Waals surface area contributed by atoms with E-state index in [1.165, 1.54) is 18.6 Å². The van der Waals surface area contributed by atoms with Crippen molar-refractivity contribution in [3.63, 3.8) is 0 Å². The van der Waals surface area contributed by atoms with Crippen LogP contribution in [0.5, 0.6) is 0 Å². The van der Waals surface area contributed by atoms with Crippen molar-refractivity contribution >= 4 is 35.0 Å². The second-order valence-electron chi connectivity index (χ2n) is 5.87. The second-order valence-corrected chi connectivity index (χ2v) is 7.38. The van der Waals surface area contributed by atoms with Crippen LogP contribution < -0.4 is 4.90 Å². The Morgan fingerprint density at radius 1 is 1.50 bits per heavy atom. The fourth-order valence-electron chi connectivity index (χ4n) is 2.46. The van der Waals surface area contributed by atoms with Crippen LogP contribution in [-0.2, 0) is 4.79 Å². The zero-order chi connectivity index (χ0) is 16.9. The van der Waals surface area contributed by atoms with Crippen LogP contribution in [0.2, 0.25) is 5.15 Å². The zero-order valence-electron chi connectivity index (χ0n) is 13.7. The molecule has 2 aromatic rings. The molecule has 1 amide bonds. The minimum Gasteiger partial charge on any atom is -0.308 e. The van der Waals surface area contributed by atoms with Crippen molar-refractivity contribution in [3.05, 3.63) is 35.9 Å². The molecule has 1 aliphatic rings. The van der Waals surface area contributed by atoms with E-state index in [0.29, 0.717) is 23.8 Å². The van der Waals surface area contributed by atoms with Gasteiger partial charge in [-0.25, -0.2) is 4.68 Å². The van der Waals surface area contributed by atoms with E-state index < -0.39 is 0 Å². The predicted molar refractivity (Wildman–Crippen MR) is 99.1 cm³/mol. The van der Waals surface area contributed by atoms with Gasteiger partial charge in [-0.15, -0.1) is 0 Å². The van der Waals surface area contributed by atoms with E-state index >= 15 is 0 Å². The average Bonchev–Trinajstić information content (AvgIpc) is 3.35. The number of hydrogen-bond donors (Lipinski definition) is 0. The largest absolute Gasteiger partial charge is 0.308 e. The third kappa shape index (κ3) is 4.30. The normalized spacial score (nSPS) is 13.9. The molecule has 128 valence electrons. The Hall–Kier alpha value is -1.53. The van der Waals surface area contributed by atoms with Gasteiger partial charge in [-0.2, -0.15) is 16.9 Å². The summed E-state index contributed by atoms with van der Waals surface area (Å²) in [6.07, 6.45) is 8.44. The minimum absolute atomic E-state index is 0.0911. The molecule has 1 saturated carbocycles. The lowest BCUT2D eigenvalue weighted by molar-refractivity contribution is -0.118. The van der Waals surface area contributed by atoms with Gasteiger partial charge in [-0.1, -0.05) is 11.6 Å². The third-order valence-corrected chi connectivity index (χ3v) is 5.45. The van der Waals surface area contributed by atoms with Crippen LogP contribution in [0.1, 0.15) is 26.2 Å². The molecule has 5 nitrogen and oxygen atoms in total. The van der Waals surface area contributed by atoms with Crippen LogP contribution in [0.4, 0.5) is 5.69 Å². The molecule has 2 heterocycles. The number of anilines is 1. The molecule has 3 rings (SSSR count). The maximum absolute atomic E-state index is 12.5. The van der Waals surface area contributed by atoms with Crippen LogP contribution in [-0.4, -0.2) is 38.7 Å². The van der Waals surface area contributed by atoms with Crippen molar-refractivity contribution in [1.29, 1.82) is 0 Å². The molecule has 1 aliphatic carbocycles. The van der Waals surface area contributed by atoms with E-state index in [1.807, 2.05) is 30.8 Å². The summed E-state index contributed by atoms with van der Waals surface area (Å²) in [5, 5.41) is 4.64. The predicted octanol–water partition coefficient (Wildman–Crippen LogP) is 3.81. The van der Waals surface area contributed by atoms with Crippen LogP contribution in [0.25, 0.3) is 5.69 Å². The molecule has 0 spiro atoms. The first kappa shape index (κ1) is 17.3. The van der Waals surface area contributed by atoms with Crippen molar-refractivity contribution in [1.82, 2.24) is 14.8 Å². The summed E-state index contributed by atoms with van der Waals surface area (Å²) in [5.74, 6) is 3.02. The van der Waals surface area contributed by atoms with Crippen molar-refractivity contribution in [3.8, 4) is 5.69 Å². The van der Waals surface area contributed by atoms with Crippen LogP contribution in [0, 0.1) is 5.92 Å². The van der Waals surface area contributed by atoms with Crippen molar-refractivity contribution < 1.29 is 4.79 Å². The molecular weight excluding hydrogens is 344 g/mol. The van der Waals surface area contributed by atoms with Gasteiger partial charge in [0.2, 0.25) is 5.91 Å². The first-order valence-electron chi connectivity index (χ1n) is 8.22. The van der Waals surface area contributed by atoms with Gasteiger partial charge in [-0.05, 0) is 43.6 Å². The van der Waals surface area contributed by atoms with E-state index in [1.54, 1.807) is 28.2 Å². The van der Waals surface area contributed by atoms with Crippen LogP contribution in [0.15, 0.2) is 30.7 Å². The molecule has 24 heavy (non-hydrogen) atoms. The van der Waals surface area contributed by atoms with Gasteiger partial charge in [-0.3, -0.25) is 9.78 Å². The number of nitrogens with zero attached hydrogens (tertiary/aromatic N) is 4. The van der Waals surface area contributed by atoms with E-state index in [9.17, 15) is 4.79 Å². The molecule has 0 bridgehead atoms. The first-order chi connectivity index (χ1) is 11.7. The van der Waals surface area contributed by atoms with Crippen LogP contribution in [0.3, 0.4) is 0 Å². The van der Waals surface area contributed by atoms with Crippen molar-refractivity contribution in [2.24, 2.45) is 5.92 Å². The molecule has 0 N–H and O–H groups in total. The topological polar surface area (TPSA) is 51.0 Å². The molecule has 2 aromatic heterocycles. The maximum Gasteiger partial charge on any atom is 0.227 e. The fraction of sp³-hybridized carbons (Fsp3) is 0.471. The number of pyridine rings is 1. The highest BCUT2D eigenvalue weighted by Gasteiger charge is 2.22. The summed E-state index contributed by atoms with van der Waals surface area (Å²) < 4.78 is 1.66. The summed E-state index contributed by atoms with van der Waals surface area (Å²) in [6, 6.07) is 3.73. The number of carbonyl (C=O) groups is 1. The summed E-state index contributed by atoms with van der Waals surface area (Å²) in [4.78, 5) is 18.3. The van der Waals surface area contributed by atoms with Gasteiger partial charge in [0.15, 0.2) is 5.15 Å². The van der Waals surface area contributed by atoms with Gasteiger partial charge in [0.05, 0.1) is 18.1 Å². The third-order valence-electron chi connectivity index (χ3n) is 3.98. The Morgan fingerprint density at radius 3 is 3.00 bits per heavy atom. The lowest BCUT2D eigenvalue weighted by Gasteiger charge is -2.19. The Kier molecular flexibility index (Phi) is 5.79. The quantitative estimate of drug-likeness (QED) is 0.668. The SMILES string of the molecule is CCN(C(=O)CCSCC1CC1)c1cn(-c2cccnc2)nc1Cl. The van der Waals surface area contributed by atoms with Gasteiger partial charge >= 0.3 is 0 Å². The van der Waals surface area contributed by atoms with Crippen molar-refractivity contribution in [2.45, 2.75) is 26.2 Å². The van der Waals surface area contributed by atoms with Gasteiger partial charge in [0, 0.05) is 24.9 Å². The summed E-state index contributed by atoms with van der Waals surface area (Å²) in [7, 11) is 0. The molecule has 0 unspecified atom stereocenters. The number of rotatable bonds is 8.